The SMILES string of the molecule is CCCC[C@H]1CC[C@H](C=CC#Cc2ccc([C@H]3CC[C@H](CCCC)CC3)cc2)CC1. The van der Waals surface area contributed by atoms with Crippen molar-refractivity contribution >= 4 is 0 Å². The van der Waals surface area contributed by atoms with Gasteiger partial charge in [0.25, 0.3) is 0 Å². The highest BCUT2D eigenvalue weighted by atomic mass is 14.3. The highest BCUT2D eigenvalue weighted by molar-refractivity contribution is 5.39. The molecule has 0 nitrogen and oxygen atoms in total. The zero-order valence-corrected chi connectivity index (χ0v) is 19.7. The lowest BCUT2D eigenvalue weighted by atomic mass is 9.77. The second-order valence-corrected chi connectivity index (χ2v) is 10.0. The standard InChI is InChI=1S/C30H44/c1-3-5-9-25-13-15-27(16-14-25)11-7-8-12-28-19-23-30(24-20-28)29-21-17-26(18-22-29)10-6-4-2/h7,11,19-20,23-27,29H,3-6,9-10,13-18,21-22H2,1-2H3/t25-,26-,27-,29-. The molecule has 0 saturated heterocycles. The van der Waals surface area contributed by atoms with E-state index in [4.69, 9.17) is 0 Å². The summed E-state index contributed by atoms with van der Waals surface area (Å²) >= 11 is 0. The van der Waals surface area contributed by atoms with Gasteiger partial charge in [0.15, 0.2) is 0 Å². The Morgan fingerprint density at radius 2 is 1.33 bits per heavy atom. The van der Waals surface area contributed by atoms with Crippen LogP contribution >= 0.6 is 0 Å². The molecule has 0 aromatic heterocycles. The third-order valence-electron chi connectivity index (χ3n) is 7.72. The van der Waals surface area contributed by atoms with Gasteiger partial charge < -0.3 is 0 Å². The largest absolute Gasteiger partial charge is 0.0730 e. The number of benzene rings is 1. The van der Waals surface area contributed by atoms with E-state index in [1.807, 2.05) is 0 Å². The zero-order valence-electron chi connectivity index (χ0n) is 19.7. The fraction of sp³-hybridized carbons (Fsp3) is 0.667. The lowest BCUT2D eigenvalue weighted by Crippen LogP contribution is -2.13. The number of allylic oxidation sites excluding steroid dienone is 2. The molecule has 0 amide bonds. The van der Waals surface area contributed by atoms with Crippen molar-refractivity contribution in [1.82, 2.24) is 0 Å². The second kappa shape index (κ2) is 13.0. The number of hydrogen-bond acceptors (Lipinski definition) is 0. The number of rotatable bonds is 8. The second-order valence-electron chi connectivity index (χ2n) is 10.0. The Morgan fingerprint density at radius 1 is 0.767 bits per heavy atom. The van der Waals surface area contributed by atoms with Crippen molar-refractivity contribution in [1.29, 1.82) is 0 Å². The van der Waals surface area contributed by atoms with Crippen LogP contribution in [0, 0.1) is 29.6 Å². The molecule has 0 spiro atoms. The van der Waals surface area contributed by atoms with Crippen LogP contribution in [0.5, 0.6) is 0 Å². The van der Waals surface area contributed by atoms with E-state index < -0.39 is 0 Å². The fourth-order valence-electron chi connectivity index (χ4n) is 5.59. The lowest BCUT2D eigenvalue weighted by molar-refractivity contribution is 0.291. The highest BCUT2D eigenvalue weighted by Gasteiger charge is 2.22. The molecule has 30 heavy (non-hydrogen) atoms. The van der Waals surface area contributed by atoms with Gasteiger partial charge in [0.1, 0.15) is 0 Å². The Balaban J connectivity index is 1.40. The Morgan fingerprint density at radius 3 is 1.90 bits per heavy atom. The average Bonchev–Trinajstić information content (AvgIpc) is 2.81. The van der Waals surface area contributed by atoms with E-state index in [2.05, 4.69) is 62.1 Å². The van der Waals surface area contributed by atoms with Gasteiger partial charge in [-0.25, -0.2) is 0 Å². The normalized spacial score (nSPS) is 27.0. The molecule has 3 rings (SSSR count). The van der Waals surface area contributed by atoms with Crippen molar-refractivity contribution in [3.8, 4) is 11.8 Å². The Labute approximate surface area is 186 Å². The van der Waals surface area contributed by atoms with Crippen LogP contribution in [0.2, 0.25) is 0 Å². The number of unbranched alkanes of at least 4 members (excludes halogenated alkanes) is 2. The molecule has 0 heteroatoms. The van der Waals surface area contributed by atoms with Crippen molar-refractivity contribution in [2.75, 3.05) is 0 Å². The third kappa shape index (κ3) is 7.65. The van der Waals surface area contributed by atoms with Crippen molar-refractivity contribution in [2.24, 2.45) is 17.8 Å². The van der Waals surface area contributed by atoms with Gasteiger partial charge in [-0.1, -0.05) is 82.4 Å². The fourth-order valence-corrected chi connectivity index (χ4v) is 5.59. The van der Waals surface area contributed by atoms with E-state index in [1.165, 1.54) is 95.5 Å². The molecule has 0 radical (unpaired) electrons. The van der Waals surface area contributed by atoms with E-state index in [0.29, 0.717) is 0 Å². The zero-order chi connectivity index (χ0) is 21.0. The summed E-state index contributed by atoms with van der Waals surface area (Å²) in [6.07, 6.45) is 24.1. The van der Waals surface area contributed by atoms with Gasteiger partial charge >= 0.3 is 0 Å². The molecule has 2 aliphatic carbocycles. The first-order valence-electron chi connectivity index (χ1n) is 13.1. The molecule has 2 fully saturated rings. The molecule has 0 N–H and O–H groups in total. The first-order valence-corrected chi connectivity index (χ1v) is 13.1. The van der Waals surface area contributed by atoms with E-state index in [-0.39, 0.29) is 0 Å². The summed E-state index contributed by atoms with van der Waals surface area (Å²) in [4.78, 5) is 0. The maximum absolute atomic E-state index is 3.34. The summed E-state index contributed by atoms with van der Waals surface area (Å²) in [5.41, 5.74) is 2.69. The quantitative estimate of drug-likeness (QED) is 0.379. The Kier molecular flexibility index (Phi) is 10.1. The van der Waals surface area contributed by atoms with Gasteiger partial charge in [0.05, 0.1) is 0 Å². The third-order valence-corrected chi connectivity index (χ3v) is 7.72. The van der Waals surface area contributed by atoms with E-state index in [1.54, 1.807) is 0 Å². The predicted octanol–water partition coefficient (Wildman–Crippen LogP) is 9.05. The van der Waals surface area contributed by atoms with Crippen LogP contribution in [0.1, 0.15) is 121 Å². The minimum Gasteiger partial charge on any atom is -0.0730 e. The minimum absolute atomic E-state index is 0.756. The van der Waals surface area contributed by atoms with Gasteiger partial charge in [-0.2, -0.15) is 0 Å². The smallest absolute Gasteiger partial charge is 0.0249 e. The van der Waals surface area contributed by atoms with Gasteiger partial charge in [-0.05, 0) is 98.8 Å². The highest BCUT2D eigenvalue weighted by Crippen LogP contribution is 2.37. The first-order chi connectivity index (χ1) is 14.8. The first kappa shape index (κ1) is 23.2. The Hall–Kier alpha value is -1.48. The van der Waals surface area contributed by atoms with Gasteiger partial charge in [0.2, 0.25) is 0 Å². The van der Waals surface area contributed by atoms with Crippen LogP contribution in [-0.2, 0) is 0 Å². The molecule has 0 atom stereocenters. The molecule has 2 aliphatic rings. The van der Waals surface area contributed by atoms with Gasteiger partial charge in [-0.15, -0.1) is 0 Å². The summed E-state index contributed by atoms with van der Waals surface area (Å²) in [7, 11) is 0. The maximum Gasteiger partial charge on any atom is 0.0249 e. The summed E-state index contributed by atoms with van der Waals surface area (Å²) in [5, 5.41) is 0. The summed E-state index contributed by atoms with van der Waals surface area (Å²) in [5.74, 6) is 10.1. The van der Waals surface area contributed by atoms with Crippen LogP contribution in [0.3, 0.4) is 0 Å². The Bertz CT molecular complexity index is 667. The van der Waals surface area contributed by atoms with Gasteiger partial charge in [-0.3, -0.25) is 0 Å². The summed E-state index contributed by atoms with van der Waals surface area (Å²) in [6, 6.07) is 9.14. The van der Waals surface area contributed by atoms with E-state index in [9.17, 15) is 0 Å². The van der Waals surface area contributed by atoms with E-state index in [0.717, 1.165) is 29.2 Å². The summed E-state index contributed by atoms with van der Waals surface area (Å²) in [6.45, 7) is 4.62. The van der Waals surface area contributed by atoms with Crippen molar-refractivity contribution in [3.05, 3.63) is 47.5 Å². The molecular weight excluding hydrogens is 360 g/mol. The molecule has 0 bridgehead atoms. The average molecular weight is 405 g/mol. The van der Waals surface area contributed by atoms with Crippen LogP contribution in [0.25, 0.3) is 0 Å². The van der Waals surface area contributed by atoms with E-state index >= 15 is 0 Å². The van der Waals surface area contributed by atoms with Crippen LogP contribution in [0.4, 0.5) is 0 Å². The molecular formula is C30H44. The molecule has 1 aromatic carbocycles. The van der Waals surface area contributed by atoms with Crippen LogP contribution in [0.15, 0.2) is 36.4 Å². The topological polar surface area (TPSA) is 0 Å². The monoisotopic (exact) mass is 404 g/mol. The maximum atomic E-state index is 3.34. The lowest BCUT2D eigenvalue weighted by Gasteiger charge is -2.28. The van der Waals surface area contributed by atoms with Gasteiger partial charge in [0, 0.05) is 5.56 Å². The molecule has 164 valence electrons. The minimum atomic E-state index is 0.756. The van der Waals surface area contributed by atoms with Crippen LogP contribution in [-0.4, -0.2) is 0 Å². The van der Waals surface area contributed by atoms with Crippen molar-refractivity contribution in [3.63, 3.8) is 0 Å². The summed E-state index contributed by atoms with van der Waals surface area (Å²) < 4.78 is 0. The van der Waals surface area contributed by atoms with Crippen molar-refractivity contribution in [2.45, 2.75) is 110 Å². The molecule has 2 saturated carbocycles. The number of hydrogen-bond donors (Lipinski definition) is 0. The predicted molar refractivity (Wildman–Crippen MR) is 132 cm³/mol. The molecule has 0 aliphatic heterocycles. The molecule has 0 unspecified atom stereocenters. The van der Waals surface area contributed by atoms with Crippen LogP contribution < -0.4 is 0 Å². The molecule has 1 aromatic rings. The van der Waals surface area contributed by atoms with Crippen molar-refractivity contribution < 1.29 is 0 Å². The molecule has 0 heterocycles.